The van der Waals surface area contributed by atoms with Gasteiger partial charge in [0.1, 0.15) is 0 Å². The van der Waals surface area contributed by atoms with E-state index in [2.05, 4.69) is 42.2 Å². The van der Waals surface area contributed by atoms with Crippen LogP contribution in [-0.4, -0.2) is 13.4 Å². The monoisotopic (exact) mass is 580 g/mol. The first-order chi connectivity index (χ1) is 14.8. The number of benzene rings is 3. The van der Waals surface area contributed by atoms with Gasteiger partial charge in [0.05, 0.1) is 4.90 Å². The SMILES string of the molecule is O=S(=O)(c1ccc(Br)cc1)c1nc(-c2ccc(Br)cc2)oc1NCc1ccccc1Cl. The molecule has 158 valence electrons. The van der Waals surface area contributed by atoms with Crippen molar-refractivity contribution in [2.24, 2.45) is 0 Å². The number of nitrogens with zero attached hydrogens (tertiary/aromatic N) is 1. The molecule has 0 amide bonds. The number of anilines is 1. The Hall–Kier alpha value is -2.13. The summed E-state index contributed by atoms with van der Waals surface area (Å²) in [5.41, 5.74) is 1.46. The smallest absolute Gasteiger partial charge is 0.234 e. The minimum Gasteiger partial charge on any atom is -0.419 e. The molecule has 4 rings (SSSR count). The second kappa shape index (κ2) is 9.16. The lowest BCUT2D eigenvalue weighted by Crippen LogP contribution is -2.07. The van der Waals surface area contributed by atoms with E-state index < -0.39 is 9.84 Å². The van der Waals surface area contributed by atoms with E-state index in [1.165, 1.54) is 12.1 Å². The van der Waals surface area contributed by atoms with Gasteiger partial charge in [0, 0.05) is 26.1 Å². The Morgan fingerprint density at radius 1 is 0.903 bits per heavy atom. The first-order valence-corrected chi connectivity index (χ1v) is 12.5. The lowest BCUT2D eigenvalue weighted by atomic mass is 10.2. The van der Waals surface area contributed by atoms with Gasteiger partial charge >= 0.3 is 0 Å². The molecule has 5 nitrogen and oxygen atoms in total. The summed E-state index contributed by atoms with van der Waals surface area (Å²) in [6.07, 6.45) is 0. The highest BCUT2D eigenvalue weighted by molar-refractivity contribution is 9.10. The highest BCUT2D eigenvalue weighted by Gasteiger charge is 2.28. The summed E-state index contributed by atoms with van der Waals surface area (Å²) in [7, 11) is -3.93. The van der Waals surface area contributed by atoms with E-state index in [0.717, 1.165) is 14.5 Å². The molecule has 1 N–H and O–H groups in total. The molecule has 9 heteroatoms. The third-order valence-corrected chi connectivity index (χ3v) is 7.57. The summed E-state index contributed by atoms with van der Waals surface area (Å²) >= 11 is 12.9. The molecule has 0 atom stereocenters. The van der Waals surface area contributed by atoms with Crippen LogP contribution in [0.1, 0.15) is 5.56 Å². The Morgan fingerprint density at radius 3 is 2.16 bits per heavy atom. The van der Waals surface area contributed by atoms with Crippen LogP contribution >= 0.6 is 43.5 Å². The lowest BCUT2D eigenvalue weighted by molar-refractivity contribution is 0.576. The highest BCUT2D eigenvalue weighted by atomic mass is 79.9. The zero-order chi connectivity index (χ0) is 22.0. The summed E-state index contributed by atoms with van der Waals surface area (Å²) in [4.78, 5) is 4.46. The molecular formula is C22H15Br2ClN2O3S. The van der Waals surface area contributed by atoms with Crippen LogP contribution in [0.15, 0.2) is 96.1 Å². The fourth-order valence-electron chi connectivity index (χ4n) is 2.86. The van der Waals surface area contributed by atoms with Crippen molar-refractivity contribution in [3.63, 3.8) is 0 Å². The fourth-order valence-corrected chi connectivity index (χ4v) is 4.87. The van der Waals surface area contributed by atoms with Gasteiger partial charge in [-0.15, -0.1) is 0 Å². The molecule has 0 unspecified atom stereocenters. The van der Waals surface area contributed by atoms with Gasteiger partial charge < -0.3 is 9.73 Å². The Labute approximate surface area is 201 Å². The van der Waals surface area contributed by atoms with Gasteiger partial charge in [-0.05, 0) is 60.2 Å². The number of nitrogens with one attached hydrogen (secondary N) is 1. The summed E-state index contributed by atoms with van der Waals surface area (Å²) in [6.45, 7) is 0.275. The van der Waals surface area contributed by atoms with Gasteiger partial charge in [-0.25, -0.2) is 8.42 Å². The normalized spacial score (nSPS) is 11.5. The summed E-state index contributed by atoms with van der Waals surface area (Å²) in [5, 5.41) is 3.44. The third kappa shape index (κ3) is 4.87. The van der Waals surface area contributed by atoms with Crippen LogP contribution in [0, 0.1) is 0 Å². The molecule has 1 heterocycles. The van der Waals surface area contributed by atoms with E-state index >= 15 is 0 Å². The van der Waals surface area contributed by atoms with E-state index in [0.29, 0.717) is 10.6 Å². The largest absolute Gasteiger partial charge is 0.419 e. The first kappa shape index (κ1) is 22.1. The molecule has 1 aromatic heterocycles. The van der Waals surface area contributed by atoms with Gasteiger partial charge in [0.25, 0.3) is 0 Å². The number of hydrogen-bond acceptors (Lipinski definition) is 5. The fraction of sp³-hybridized carbons (Fsp3) is 0.0455. The molecule has 0 saturated carbocycles. The summed E-state index contributed by atoms with van der Waals surface area (Å²) in [5.74, 6) is 0.255. The molecule has 0 aliphatic rings. The maximum Gasteiger partial charge on any atom is 0.234 e. The Bertz CT molecular complexity index is 1320. The molecule has 4 aromatic rings. The second-order valence-electron chi connectivity index (χ2n) is 6.56. The molecule has 0 aliphatic heterocycles. The zero-order valence-electron chi connectivity index (χ0n) is 15.8. The van der Waals surface area contributed by atoms with Gasteiger partial charge in [-0.2, -0.15) is 4.98 Å². The predicted octanol–water partition coefficient (Wildman–Crippen LogP) is 6.96. The van der Waals surface area contributed by atoms with Crippen LogP contribution in [0.2, 0.25) is 5.02 Å². The molecule has 0 aliphatic carbocycles. The van der Waals surface area contributed by atoms with Crippen molar-refractivity contribution in [1.82, 2.24) is 4.98 Å². The third-order valence-electron chi connectivity index (χ3n) is 4.46. The average molecular weight is 583 g/mol. The van der Waals surface area contributed by atoms with Crippen LogP contribution in [0.25, 0.3) is 11.5 Å². The standard InChI is InChI=1S/C22H15Br2ClN2O3S/c23-16-7-5-14(6-8-16)20-27-22(31(28,29)18-11-9-17(24)10-12-18)21(30-20)26-13-15-3-1-2-4-19(15)25/h1-12,26H,13H2. The summed E-state index contributed by atoms with van der Waals surface area (Å²) in [6, 6.07) is 20.9. The summed E-state index contributed by atoms with van der Waals surface area (Å²) < 4.78 is 34.2. The molecule has 3 aromatic carbocycles. The van der Waals surface area contributed by atoms with Crippen LogP contribution in [-0.2, 0) is 16.4 Å². The van der Waals surface area contributed by atoms with Crippen LogP contribution < -0.4 is 5.32 Å². The Kier molecular flexibility index (Phi) is 6.52. The first-order valence-electron chi connectivity index (χ1n) is 9.09. The Balaban J connectivity index is 1.77. The topological polar surface area (TPSA) is 72.2 Å². The minimum absolute atomic E-state index is 0.0563. The maximum atomic E-state index is 13.3. The number of rotatable bonds is 6. The molecule has 0 fully saturated rings. The number of hydrogen-bond donors (Lipinski definition) is 1. The van der Waals surface area contributed by atoms with Crippen molar-refractivity contribution in [3.8, 4) is 11.5 Å². The van der Waals surface area contributed by atoms with E-state index in [4.69, 9.17) is 16.0 Å². The molecule has 0 saturated heterocycles. The molecule has 31 heavy (non-hydrogen) atoms. The highest BCUT2D eigenvalue weighted by Crippen LogP contribution is 2.33. The number of sulfone groups is 1. The lowest BCUT2D eigenvalue weighted by Gasteiger charge is -2.07. The van der Waals surface area contributed by atoms with Crippen molar-refractivity contribution in [2.75, 3.05) is 5.32 Å². The quantitative estimate of drug-likeness (QED) is 0.266. The number of oxazole rings is 1. The van der Waals surface area contributed by atoms with Crippen LogP contribution in [0.4, 0.5) is 5.88 Å². The van der Waals surface area contributed by atoms with Gasteiger partial charge in [-0.3, -0.25) is 0 Å². The molecule has 0 spiro atoms. The number of halogens is 3. The van der Waals surface area contributed by atoms with Crippen LogP contribution in [0.3, 0.4) is 0 Å². The number of aromatic nitrogens is 1. The predicted molar refractivity (Wildman–Crippen MR) is 128 cm³/mol. The van der Waals surface area contributed by atoms with Gasteiger partial charge in [0.15, 0.2) is 0 Å². The molecule has 0 bridgehead atoms. The Morgan fingerprint density at radius 2 is 1.52 bits per heavy atom. The van der Waals surface area contributed by atoms with E-state index in [-0.39, 0.29) is 28.2 Å². The van der Waals surface area contributed by atoms with Crippen LogP contribution in [0.5, 0.6) is 0 Å². The van der Waals surface area contributed by atoms with Crippen molar-refractivity contribution in [3.05, 3.63) is 92.3 Å². The molecular weight excluding hydrogens is 568 g/mol. The van der Waals surface area contributed by atoms with Crippen molar-refractivity contribution < 1.29 is 12.8 Å². The van der Waals surface area contributed by atoms with Crippen molar-refractivity contribution in [1.29, 1.82) is 0 Å². The maximum absolute atomic E-state index is 13.3. The minimum atomic E-state index is -3.93. The average Bonchev–Trinajstić information content (AvgIpc) is 3.19. The second-order valence-corrected chi connectivity index (χ2v) is 10.7. The van der Waals surface area contributed by atoms with Crippen molar-refractivity contribution in [2.45, 2.75) is 16.5 Å². The molecule has 0 radical (unpaired) electrons. The van der Waals surface area contributed by atoms with E-state index in [1.54, 1.807) is 30.3 Å². The van der Waals surface area contributed by atoms with E-state index in [1.807, 2.05) is 30.3 Å². The van der Waals surface area contributed by atoms with E-state index in [9.17, 15) is 8.42 Å². The van der Waals surface area contributed by atoms with Gasteiger partial charge in [-0.1, -0.05) is 61.7 Å². The van der Waals surface area contributed by atoms with Gasteiger partial charge in [0.2, 0.25) is 26.6 Å². The zero-order valence-corrected chi connectivity index (χ0v) is 20.6. The van der Waals surface area contributed by atoms with Crippen molar-refractivity contribution >= 4 is 59.2 Å².